The molecule has 0 aromatic carbocycles. The first-order chi connectivity index (χ1) is 7.45. The van der Waals surface area contributed by atoms with Crippen LogP contribution in [-0.4, -0.2) is 29.3 Å². The molecule has 1 nitrogen and oxygen atoms in total. The molecular formula is C13H28OP2. The summed E-state index contributed by atoms with van der Waals surface area (Å²) in [5.41, 5.74) is 3.47. The van der Waals surface area contributed by atoms with Crippen LogP contribution in [0.25, 0.3) is 0 Å². The Morgan fingerprint density at radius 1 is 0.875 bits per heavy atom. The van der Waals surface area contributed by atoms with Gasteiger partial charge in [0.2, 0.25) is 0 Å². The topological polar surface area (TPSA) is 9.23 Å². The Bertz CT molecular complexity index is 236. The molecule has 0 aromatic heterocycles. The Hall–Kier alpha value is 0.820. The van der Waals surface area contributed by atoms with Gasteiger partial charge in [-0.1, -0.05) is 0 Å². The van der Waals surface area contributed by atoms with Gasteiger partial charge in [-0.2, -0.15) is 0 Å². The van der Waals surface area contributed by atoms with Gasteiger partial charge in [0.1, 0.15) is 0 Å². The van der Waals surface area contributed by atoms with Crippen molar-refractivity contribution in [2.75, 3.05) is 6.66 Å². The van der Waals surface area contributed by atoms with Gasteiger partial charge in [-0.25, -0.2) is 0 Å². The average Bonchev–Trinajstić information content (AvgIpc) is 2.67. The predicted molar refractivity (Wildman–Crippen MR) is 78.6 cm³/mol. The van der Waals surface area contributed by atoms with Crippen LogP contribution in [0.15, 0.2) is 0 Å². The molecule has 0 N–H and O–H groups in total. The Morgan fingerprint density at radius 2 is 1.31 bits per heavy atom. The van der Waals surface area contributed by atoms with Crippen molar-refractivity contribution in [3.05, 3.63) is 0 Å². The van der Waals surface area contributed by atoms with Crippen molar-refractivity contribution in [3.63, 3.8) is 0 Å². The molecule has 2 saturated heterocycles. The molecule has 2 rings (SSSR count). The third-order valence-electron chi connectivity index (χ3n) is 5.16. The zero-order chi connectivity index (χ0) is 11.9. The van der Waals surface area contributed by atoms with Gasteiger partial charge in [-0.05, 0) is 0 Å². The average molecular weight is 262 g/mol. The summed E-state index contributed by atoms with van der Waals surface area (Å²) in [6, 6.07) is 0. The van der Waals surface area contributed by atoms with Crippen molar-refractivity contribution in [2.45, 2.75) is 76.0 Å². The van der Waals surface area contributed by atoms with E-state index in [1.165, 1.54) is 25.7 Å². The van der Waals surface area contributed by atoms with Crippen molar-refractivity contribution < 1.29 is 4.31 Å². The molecule has 0 unspecified atom stereocenters. The maximum atomic E-state index is 6.81. The summed E-state index contributed by atoms with van der Waals surface area (Å²) in [4.78, 5) is 0. The van der Waals surface area contributed by atoms with Crippen molar-refractivity contribution in [1.82, 2.24) is 0 Å². The quantitative estimate of drug-likeness (QED) is 0.647. The van der Waals surface area contributed by atoms with Crippen LogP contribution in [0.4, 0.5) is 0 Å². The van der Waals surface area contributed by atoms with Gasteiger partial charge in [0.15, 0.2) is 0 Å². The molecule has 3 heteroatoms. The predicted octanol–water partition coefficient (Wildman–Crippen LogP) is 4.84. The standard InChI is InChI=1S/C13H28OP2/c1-10-6-7-11(2)15(10)14-16(5)12(3)8-9-13(16)4/h10-13,16H,6-9H2,1-5H3/t10-,11-,12-,13-/m1/s1. The summed E-state index contributed by atoms with van der Waals surface area (Å²) in [7, 11) is -1.53. The summed E-state index contributed by atoms with van der Waals surface area (Å²) in [6.07, 6.45) is 5.63. The Balaban J connectivity index is 2.07. The summed E-state index contributed by atoms with van der Waals surface area (Å²) in [5, 5.41) is 0. The van der Waals surface area contributed by atoms with Crippen LogP contribution in [0.1, 0.15) is 53.4 Å². The molecule has 0 radical (unpaired) electrons. The molecule has 16 heavy (non-hydrogen) atoms. The van der Waals surface area contributed by atoms with Crippen molar-refractivity contribution in [3.8, 4) is 0 Å². The molecule has 2 aliphatic heterocycles. The first kappa shape index (κ1) is 13.3. The number of rotatable bonds is 2. The van der Waals surface area contributed by atoms with E-state index in [2.05, 4.69) is 34.4 Å². The van der Waals surface area contributed by atoms with E-state index in [4.69, 9.17) is 4.31 Å². The molecule has 2 aliphatic rings. The van der Waals surface area contributed by atoms with Crippen molar-refractivity contribution >= 4 is 15.6 Å². The van der Waals surface area contributed by atoms with E-state index >= 15 is 0 Å². The van der Waals surface area contributed by atoms with E-state index < -0.39 is 7.49 Å². The molecule has 0 spiro atoms. The van der Waals surface area contributed by atoms with Crippen molar-refractivity contribution in [2.24, 2.45) is 0 Å². The van der Waals surface area contributed by atoms with E-state index in [-0.39, 0.29) is 8.15 Å². The monoisotopic (exact) mass is 262 g/mol. The van der Waals surface area contributed by atoms with Crippen LogP contribution < -0.4 is 0 Å². The van der Waals surface area contributed by atoms with E-state index in [0.29, 0.717) is 0 Å². The van der Waals surface area contributed by atoms with E-state index in [1.807, 2.05) is 0 Å². The molecule has 0 aromatic rings. The van der Waals surface area contributed by atoms with Gasteiger partial charge in [0.05, 0.1) is 0 Å². The first-order valence-corrected chi connectivity index (χ1v) is 10.9. The zero-order valence-electron chi connectivity index (χ0n) is 11.5. The van der Waals surface area contributed by atoms with Gasteiger partial charge < -0.3 is 0 Å². The fourth-order valence-corrected chi connectivity index (χ4v) is 12.1. The van der Waals surface area contributed by atoms with Crippen LogP contribution in [0.3, 0.4) is 0 Å². The van der Waals surface area contributed by atoms with Crippen LogP contribution in [0.2, 0.25) is 0 Å². The van der Waals surface area contributed by atoms with Gasteiger partial charge in [-0.3, -0.25) is 0 Å². The van der Waals surface area contributed by atoms with Crippen molar-refractivity contribution in [1.29, 1.82) is 0 Å². The number of hydrogen-bond donors (Lipinski definition) is 0. The summed E-state index contributed by atoms with van der Waals surface area (Å²) >= 11 is 0. The molecule has 2 heterocycles. The Labute approximate surface area is 103 Å². The van der Waals surface area contributed by atoms with Gasteiger partial charge in [0.25, 0.3) is 0 Å². The summed E-state index contributed by atoms with van der Waals surface area (Å²) in [5.74, 6) is 0. The Morgan fingerprint density at radius 3 is 1.75 bits per heavy atom. The van der Waals surface area contributed by atoms with Crippen LogP contribution in [0.5, 0.6) is 0 Å². The summed E-state index contributed by atoms with van der Waals surface area (Å²) < 4.78 is 6.81. The van der Waals surface area contributed by atoms with Gasteiger partial charge in [-0.15, -0.1) is 0 Å². The molecule has 0 aliphatic carbocycles. The minimum atomic E-state index is -1.41. The second kappa shape index (κ2) is 4.83. The third kappa shape index (κ3) is 2.21. The molecule has 0 bridgehead atoms. The van der Waals surface area contributed by atoms with E-state index in [1.54, 1.807) is 0 Å². The maximum absolute atomic E-state index is 6.81. The summed E-state index contributed by atoms with van der Waals surface area (Å²) in [6.45, 7) is 12.2. The molecular weight excluding hydrogens is 234 g/mol. The molecule has 0 saturated carbocycles. The van der Waals surface area contributed by atoms with Gasteiger partial charge in [0, 0.05) is 0 Å². The second-order valence-electron chi connectivity index (χ2n) is 6.29. The molecule has 0 amide bonds. The fraction of sp³-hybridized carbons (Fsp3) is 1.00. The Kier molecular flexibility index (Phi) is 4.00. The fourth-order valence-electron chi connectivity index (χ4n) is 3.32. The molecule has 4 atom stereocenters. The minimum absolute atomic E-state index is 0.119. The first-order valence-electron chi connectivity index (χ1n) is 6.92. The van der Waals surface area contributed by atoms with Crippen LogP contribution >= 0.6 is 15.6 Å². The molecule has 96 valence electrons. The van der Waals surface area contributed by atoms with E-state index in [9.17, 15) is 0 Å². The molecule has 2 fully saturated rings. The van der Waals surface area contributed by atoms with Crippen LogP contribution in [0, 0.1) is 0 Å². The second-order valence-corrected chi connectivity index (χ2v) is 13.8. The normalized spacial score (nSPS) is 46.1. The third-order valence-corrected chi connectivity index (χ3v) is 14.3. The number of hydrogen-bond acceptors (Lipinski definition) is 1. The zero-order valence-corrected chi connectivity index (χ0v) is 13.4. The van der Waals surface area contributed by atoms with E-state index in [0.717, 1.165) is 22.6 Å². The van der Waals surface area contributed by atoms with Gasteiger partial charge >= 0.3 is 103 Å². The SMILES string of the molecule is C[C@@H]1CC[C@@H](C)P1O[PH]1(C)[C@H](C)CC[C@H]1C. The van der Waals surface area contributed by atoms with Crippen LogP contribution in [-0.2, 0) is 4.31 Å².